The molecule has 1 unspecified atom stereocenters. The van der Waals surface area contributed by atoms with Crippen LogP contribution in [0.15, 0.2) is 12.1 Å². The summed E-state index contributed by atoms with van der Waals surface area (Å²) in [5.74, 6) is -2.98. The molecule has 1 rings (SSSR count). The Kier molecular flexibility index (Phi) is 4.20. The van der Waals surface area contributed by atoms with Crippen LogP contribution in [0, 0.1) is 11.6 Å². The fourth-order valence-electron chi connectivity index (χ4n) is 1.12. The minimum atomic E-state index is -1.79. The number of aliphatic hydroxyl groups excluding tert-OH is 1. The molecule has 0 heterocycles. The number of benzene rings is 1. The van der Waals surface area contributed by atoms with Crippen molar-refractivity contribution in [2.45, 2.75) is 13.0 Å². The number of ether oxygens (including phenoxy) is 1. The molecular weight excluding hydrogens is 242 g/mol. The molecule has 6 heteroatoms. The number of carbonyl (C=O) groups is 1. The highest BCUT2D eigenvalue weighted by Crippen LogP contribution is 2.27. The lowest BCUT2D eigenvalue weighted by molar-refractivity contribution is -0.153. The van der Waals surface area contributed by atoms with Crippen molar-refractivity contribution in [3.63, 3.8) is 0 Å². The Morgan fingerprint density at radius 3 is 2.75 bits per heavy atom. The molecule has 1 N–H and O–H groups in total. The zero-order valence-electron chi connectivity index (χ0n) is 8.34. The molecule has 0 fully saturated rings. The highest BCUT2D eigenvalue weighted by atomic mass is 35.5. The summed E-state index contributed by atoms with van der Waals surface area (Å²) >= 11 is 5.49. The van der Waals surface area contributed by atoms with Crippen LogP contribution >= 0.6 is 11.6 Å². The number of rotatable bonds is 3. The molecule has 0 saturated heterocycles. The number of hydrogen-bond acceptors (Lipinski definition) is 3. The van der Waals surface area contributed by atoms with Crippen LogP contribution in [0.4, 0.5) is 8.78 Å². The lowest BCUT2D eigenvalue weighted by Gasteiger charge is -2.11. The molecule has 0 aliphatic rings. The summed E-state index contributed by atoms with van der Waals surface area (Å²) < 4.78 is 30.4. The normalized spacial score (nSPS) is 12.3. The number of hydrogen-bond donors (Lipinski definition) is 1. The number of esters is 1. The van der Waals surface area contributed by atoms with Gasteiger partial charge in [0, 0.05) is 11.6 Å². The summed E-state index contributed by atoms with van der Waals surface area (Å²) in [5.41, 5.74) is -0.349. The topological polar surface area (TPSA) is 46.5 Å². The van der Waals surface area contributed by atoms with Gasteiger partial charge in [-0.05, 0) is 13.0 Å². The predicted molar refractivity (Wildman–Crippen MR) is 53.0 cm³/mol. The van der Waals surface area contributed by atoms with Gasteiger partial charge in [-0.1, -0.05) is 11.6 Å². The molecule has 0 bridgehead atoms. The molecule has 1 aromatic carbocycles. The Bertz CT molecular complexity index is 409. The lowest BCUT2D eigenvalue weighted by Crippen LogP contribution is -2.16. The van der Waals surface area contributed by atoms with Crippen LogP contribution in [0.3, 0.4) is 0 Å². The first kappa shape index (κ1) is 12.9. The zero-order chi connectivity index (χ0) is 12.3. The lowest BCUT2D eigenvalue weighted by atomic mass is 10.1. The molecule has 16 heavy (non-hydrogen) atoms. The summed E-state index contributed by atoms with van der Waals surface area (Å²) in [4.78, 5) is 11.1. The maximum atomic E-state index is 13.0. The third-order valence-electron chi connectivity index (χ3n) is 1.83. The van der Waals surface area contributed by atoms with E-state index < -0.39 is 28.7 Å². The Labute approximate surface area is 95.6 Å². The summed E-state index contributed by atoms with van der Waals surface area (Å²) in [5, 5.41) is 8.96. The van der Waals surface area contributed by atoms with Crippen molar-refractivity contribution in [1.29, 1.82) is 0 Å². The van der Waals surface area contributed by atoms with Gasteiger partial charge in [-0.25, -0.2) is 13.6 Å². The van der Waals surface area contributed by atoms with E-state index in [1.807, 2.05) is 0 Å². The quantitative estimate of drug-likeness (QED) is 0.661. The average molecular weight is 251 g/mol. The van der Waals surface area contributed by atoms with Crippen molar-refractivity contribution < 1.29 is 23.4 Å². The van der Waals surface area contributed by atoms with Crippen molar-refractivity contribution in [2.75, 3.05) is 6.61 Å². The van der Waals surface area contributed by atoms with Gasteiger partial charge in [-0.3, -0.25) is 0 Å². The molecule has 0 saturated carbocycles. The van der Waals surface area contributed by atoms with Crippen LogP contribution in [0.2, 0.25) is 5.02 Å². The first-order valence-electron chi connectivity index (χ1n) is 4.46. The minimum absolute atomic E-state index is 0.0469. The number of aliphatic hydroxyl groups is 1. The molecule has 0 aromatic heterocycles. The van der Waals surface area contributed by atoms with Gasteiger partial charge in [0.1, 0.15) is 11.6 Å². The summed E-state index contributed by atoms with van der Waals surface area (Å²) in [6.45, 7) is 1.59. The van der Waals surface area contributed by atoms with Crippen LogP contribution in [0.1, 0.15) is 18.6 Å². The smallest absolute Gasteiger partial charge is 0.339 e. The van der Waals surface area contributed by atoms with E-state index in [0.717, 1.165) is 6.07 Å². The van der Waals surface area contributed by atoms with Crippen molar-refractivity contribution in [3.8, 4) is 0 Å². The maximum Gasteiger partial charge on any atom is 0.339 e. The molecule has 1 atom stereocenters. The van der Waals surface area contributed by atoms with Crippen molar-refractivity contribution in [3.05, 3.63) is 34.4 Å². The van der Waals surface area contributed by atoms with E-state index in [2.05, 4.69) is 4.74 Å². The van der Waals surface area contributed by atoms with Gasteiger partial charge >= 0.3 is 5.97 Å². The van der Waals surface area contributed by atoms with E-state index in [1.165, 1.54) is 0 Å². The van der Waals surface area contributed by atoms with Crippen molar-refractivity contribution in [1.82, 2.24) is 0 Å². The van der Waals surface area contributed by atoms with Gasteiger partial charge in [0.25, 0.3) is 0 Å². The van der Waals surface area contributed by atoms with Crippen molar-refractivity contribution >= 4 is 17.6 Å². The van der Waals surface area contributed by atoms with Gasteiger partial charge in [-0.2, -0.15) is 0 Å². The third-order valence-corrected chi connectivity index (χ3v) is 2.22. The van der Waals surface area contributed by atoms with E-state index in [-0.39, 0.29) is 12.2 Å². The summed E-state index contributed by atoms with van der Waals surface area (Å²) in [7, 11) is 0. The molecule has 0 aliphatic carbocycles. The van der Waals surface area contributed by atoms with Crippen molar-refractivity contribution in [2.24, 2.45) is 0 Å². The highest BCUT2D eigenvalue weighted by molar-refractivity contribution is 6.31. The average Bonchev–Trinajstić information content (AvgIpc) is 2.22. The van der Waals surface area contributed by atoms with Crippen LogP contribution in [-0.2, 0) is 9.53 Å². The van der Waals surface area contributed by atoms with E-state index in [9.17, 15) is 18.7 Å². The molecule has 0 spiro atoms. The van der Waals surface area contributed by atoms with Gasteiger partial charge < -0.3 is 9.84 Å². The summed E-state index contributed by atoms with van der Waals surface area (Å²) in [6.07, 6.45) is -1.79. The molecule has 3 nitrogen and oxygen atoms in total. The fraction of sp³-hybridized carbons (Fsp3) is 0.300. The molecular formula is C10H9ClF2O3. The second kappa shape index (κ2) is 5.23. The van der Waals surface area contributed by atoms with Gasteiger partial charge in [0.2, 0.25) is 0 Å². The van der Waals surface area contributed by atoms with Gasteiger partial charge in [0.15, 0.2) is 6.10 Å². The largest absolute Gasteiger partial charge is 0.464 e. The SMILES string of the molecule is CCOC(=O)C(O)c1cc(F)cc(F)c1Cl. The Hall–Kier alpha value is -1.20. The first-order chi connectivity index (χ1) is 7.47. The van der Waals surface area contributed by atoms with Crippen LogP contribution in [0.25, 0.3) is 0 Å². The van der Waals surface area contributed by atoms with E-state index >= 15 is 0 Å². The van der Waals surface area contributed by atoms with E-state index in [4.69, 9.17) is 11.6 Å². The summed E-state index contributed by atoms with van der Waals surface area (Å²) in [6, 6.07) is 1.34. The highest BCUT2D eigenvalue weighted by Gasteiger charge is 2.23. The first-order valence-corrected chi connectivity index (χ1v) is 4.84. The zero-order valence-corrected chi connectivity index (χ0v) is 9.09. The molecule has 1 aromatic rings. The Morgan fingerprint density at radius 1 is 1.56 bits per heavy atom. The molecule has 0 aliphatic heterocycles. The molecule has 0 radical (unpaired) electrons. The maximum absolute atomic E-state index is 13.0. The fourth-order valence-corrected chi connectivity index (χ4v) is 1.34. The van der Waals surface area contributed by atoms with Crippen LogP contribution < -0.4 is 0 Å². The van der Waals surface area contributed by atoms with Crippen LogP contribution in [-0.4, -0.2) is 17.7 Å². The number of carbonyl (C=O) groups excluding carboxylic acids is 1. The van der Waals surface area contributed by atoms with E-state index in [1.54, 1.807) is 6.92 Å². The molecule has 88 valence electrons. The molecule has 0 amide bonds. The second-order valence-corrected chi connectivity index (χ2v) is 3.32. The monoisotopic (exact) mass is 250 g/mol. The Morgan fingerprint density at radius 2 is 2.19 bits per heavy atom. The van der Waals surface area contributed by atoms with Gasteiger partial charge in [-0.15, -0.1) is 0 Å². The van der Waals surface area contributed by atoms with E-state index in [0.29, 0.717) is 6.07 Å². The Balaban J connectivity index is 3.08. The predicted octanol–water partition coefficient (Wildman–Crippen LogP) is 2.21. The number of halogens is 3. The minimum Gasteiger partial charge on any atom is -0.464 e. The standard InChI is InChI=1S/C10H9ClF2O3/c1-2-16-10(15)9(14)6-3-5(12)4-7(13)8(6)11/h3-4,9,14H,2H2,1H3. The second-order valence-electron chi connectivity index (χ2n) is 2.95. The van der Waals surface area contributed by atoms with Gasteiger partial charge in [0.05, 0.1) is 11.6 Å². The third kappa shape index (κ3) is 2.68. The van der Waals surface area contributed by atoms with Crippen LogP contribution in [0.5, 0.6) is 0 Å².